The highest BCUT2D eigenvalue weighted by atomic mass is 16.5. The lowest BCUT2D eigenvalue weighted by Gasteiger charge is -2.20. The molecular formula is C21H20N2O5. The number of nitrogens with one attached hydrogen (secondary N) is 1. The summed E-state index contributed by atoms with van der Waals surface area (Å²) in [5.74, 6) is -0.442. The lowest BCUT2D eigenvalue weighted by molar-refractivity contribution is -0.116. The van der Waals surface area contributed by atoms with Crippen LogP contribution in [0.1, 0.15) is 17.3 Å². The van der Waals surface area contributed by atoms with Crippen molar-refractivity contribution in [3.63, 3.8) is 0 Å². The number of rotatable bonds is 6. The predicted octanol–water partition coefficient (Wildman–Crippen LogP) is 2.90. The maximum absolute atomic E-state index is 12.8. The Morgan fingerprint density at radius 3 is 2.57 bits per heavy atom. The van der Waals surface area contributed by atoms with Crippen LogP contribution in [0, 0.1) is 0 Å². The van der Waals surface area contributed by atoms with Crippen LogP contribution in [-0.4, -0.2) is 36.9 Å². The zero-order valence-electron chi connectivity index (χ0n) is 15.6. The van der Waals surface area contributed by atoms with E-state index in [0.29, 0.717) is 22.4 Å². The van der Waals surface area contributed by atoms with Crippen molar-refractivity contribution in [1.29, 1.82) is 0 Å². The molecule has 0 spiro atoms. The van der Waals surface area contributed by atoms with E-state index >= 15 is 0 Å². The standard InChI is InChI=1S/C21H20N2O5/c1-3-23(13-19(24)22-16-9-5-7-11-18(16)27-2)20(25)15-12-14-8-4-6-10-17(14)28-21(15)26/h4-12H,3,13H2,1-2H3,(H,22,24). The fourth-order valence-electron chi connectivity index (χ4n) is 2.82. The van der Waals surface area contributed by atoms with Gasteiger partial charge < -0.3 is 19.4 Å². The minimum atomic E-state index is -0.729. The zero-order valence-corrected chi connectivity index (χ0v) is 15.6. The lowest BCUT2D eigenvalue weighted by atomic mass is 10.1. The molecule has 2 aromatic carbocycles. The van der Waals surface area contributed by atoms with Crippen molar-refractivity contribution in [2.75, 3.05) is 25.5 Å². The molecule has 3 aromatic rings. The smallest absolute Gasteiger partial charge is 0.349 e. The number of nitrogens with zero attached hydrogens (tertiary/aromatic N) is 1. The number of ether oxygens (including phenoxy) is 1. The number of para-hydroxylation sites is 3. The van der Waals surface area contributed by atoms with Crippen molar-refractivity contribution in [2.24, 2.45) is 0 Å². The number of fused-ring (bicyclic) bond motifs is 1. The van der Waals surface area contributed by atoms with Crippen LogP contribution in [0.3, 0.4) is 0 Å². The van der Waals surface area contributed by atoms with E-state index in [0.717, 1.165) is 0 Å². The van der Waals surface area contributed by atoms with Gasteiger partial charge in [0, 0.05) is 11.9 Å². The van der Waals surface area contributed by atoms with Crippen LogP contribution >= 0.6 is 0 Å². The molecule has 1 heterocycles. The molecule has 7 nitrogen and oxygen atoms in total. The van der Waals surface area contributed by atoms with E-state index in [-0.39, 0.29) is 18.7 Å². The molecule has 144 valence electrons. The van der Waals surface area contributed by atoms with E-state index in [4.69, 9.17) is 9.15 Å². The van der Waals surface area contributed by atoms with E-state index in [2.05, 4.69) is 5.32 Å². The first-order valence-electron chi connectivity index (χ1n) is 8.78. The number of carbonyl (C=O) groups is 2. The molecule has 7 heteroatoms. The second-order valence-electron chi connectivity index (χ2n) is 6.05. The molecular weight excluding hydrogens is 360 g/mol. The maximum atomic E-state index is 12.8. The average molecular weight is 380 g/mol. The lowest BCUT2D eigenvalue weighted by Crippen LogP contribution is -2.39. The fourth-order valence-corrected chi connectivity index (χ4v) is 2.82. The first kappa shape index (κ1) is 19.2. The third kappa shape index (κ3) is 4.03. The van der Waals surface area contributed by atoms with E-state index in [1.807, 2.05) is 0 Å². The van der Waals surface area contributed by atoms with Gasteiger partial charge in [0.1, 0.15) is 23.4 Å². The molecule has 0 saturated carbocycles. The summed E-state index contributed by atoms with van der Waals surface area (Å²) < 4.78 is 10.4. The zero-order chi connectivity index (χ0) is 20.1. The summed E-state index contributed by atoms with van der Waals surface area (Å²) in [5.41, 5.74) is 0.0719. The molecule has 0 saturated heterocycles. The van der Waals surface area contributed by atoms with Gasteiger partial charge in [0.15, 0.2) is 0 Å². The largest absolute Gasteiger partial charge is 0.495 e. The molecule has 1 N–H and O–H groups in total. The van der Waals surface area contributed by atoms with Gasteiger partial charge in [0.25, 0.3) is 5.91 Å². The van der Waals surface area contributed by atoms with Crippen molar-refractivity contribution in [2.45, 2.75) is 6.92 Å². The summed E-state index contributed by atoms with van der Waals surface area (Å²) in [7, 11) is 1.51. The maximum Gasteiger partial charge on any atom is 0.349 e. The predicted molar refractivity (Wildman–Crippen MR) is 106 cm³/mol. The summed E-state index contributed by atoms with van der Waals surface area (Å²) in [6, 6.07) is 15.4. The molecule has 28 heavy (non-hydrogen) atoms. The second kappa shape index (κ2) is 8.39. The summed E-state index contributed by atoms with van der Waals surface area (Å²) in [6.07, 6.45) is 0. The quantitative estimate of drug-likeness (QED) is 0.664. The van der Waals surface area contributed by atoms with E-state index in [1.165, 1.54) is 18.1 Å². The van der Waals surface area contributed by atoms with E-state index in [9.17, 15) is 14.4 Å². The summed E-state index contributed by atoms with van der Waals surface area (Å²) in [6.45, 7) is 1.78. The molecule has 1 aromatic heterocycles. The van der Waals surface area contributed by atoms with Crippen molar-refractivity contribution < 1.29 is 18.7 Å². The van der Waals surface area contributed by atoms with Crippen LogP contribution < -0.4 is 15.7 Å². The van der Waals surface area contributed by atoms with Crippen LogP contribution in [-0.2, 0) is 4.79 Å². The highest BCUT2D eigenvalue weighted by Crippen LogP contribution is 2.23. The van der Waals surface area contributed by atoms with Crippen LogP contribution in [0.2, 0.25) is 0 Å². The number of anilines is 1. The molecule has 0 fully saturated rings. The van der Waals surface area contributed by atoms with Crippen molar-refractivity contribution >= 4 is 28.5 Å². The molecule has 0 aliphatic heterocycles. The Morgan fingerprint density at radius 2 is 1.82 bits per heavy atom. The number of amides is 2. The minimum Gasteiger partial charge on any atom is -0.495 e. The van der Waals surface area contributed by atoms with Crippen LogP contribution in [0.15, 0.2) is 63.8 Å². The average Bonchev–Trinajstić information content (AvgIpc) is 2.71. The normalized spacial score (nSPS) is 10.5. The molecule has 0 unspecified atom stereocenters. The van der Waals surface area contributed by atoms with Gasteiger partial charge in [-0.05, 0) is 31.2 Å². The molecule has 3 rings (SSSR count). The number of methoxy groups -OCH3 is 1. The van der Waals surface area contributed by atoms with Crippen molar-refractivity contribution in [3.8, 4) is 5.75 Å². The van der Waals surface area contributed by atoms with Gasteiger partial charge in [-0.2, -0.15) is 0 Å². The van der Waals surface area contributed by atoms with E-state index in [1.54, 1.807) is 55.5 Å². The second-order valence-corrected chi connectivity index (χ2v) is 6.05. The van der Waals surface area contributed by atoms with Gasteiger partial charge >= 0.3 is 5.63 Å². The first-order valence-corrected chi connectivity index (χ1v) is 8.78. The Labute approximate surface area is 161 Å². The molecule has 0 aliphatic carbocycles. The Bertz CT molecular complexity index is 1070. The fraction of sp³-hybridized carbons (Fsp3) is 0.190. The highest BCUT2D eigenvalue weighted by molar-refractivity contribution is 6.00. The summed E-state index contributed by atoms with van der Waals surface area (Å²) >= 11 is 0. The van der Waals surface area contributed by atoms with Crippen LogP contribution in [0.5, 0.6) is 5.75 Å². The number of carbonyl (C=O) groups excluding carboxylic acids is 2. The monoisotopic (exact) mass is 380 g/mol. The molecule has 0 aliphatic rings. The highest BCUT2D eigenvalue weighted by Gasteiger charge is 2.22. The van der Waals surface area contributed by atoms with Gasteiger partial charge in [0.05, 0.1) is 12.8 Å². The van der Waals surface area contributed by atoms with Crippen LogP contribution in [0.25, 0.3) is 11.0 Å². The van der Waals surface area contributed by atoms with Crippen molar-refractivity contribution in [1.82, 2.24) is 4.90 Å². The van der Waals surface area contributed by atoms with Crippen LogP contribution in [0.4, 0.5) is 5.69 Å². The Morgan fingerprint density at radius 1 is 1.11 bits per heavy atom. The number of benzene rings is 2. The Kier molecular flexibility index (Phi) is 5.74. The van der Waals surface area contributed by atoms with Gasteiger partial charge in [-0.3, -0.25) is 9.59 Å². The molecule has 0 radical (unpaired) electrons. The number of hydrogen-bond acceptors (Lipinski definition) is 5. The molecule has 2 amide bonds. The molecule has 0 atom stereocenters. The van der Waals surface area contributed by atoms with Gasteiger partial charge in [-0.15, -0.1) is 0 Å². The third-order valence-corrected chi connectivity index (χ3v) is 4.26. The Hall–Kier alpha value is -3.61. The first-order chi connectivity index (χ1) is 13.5. The summed E-state index contributed by atoms with van der Waals surface area (Å²) in [5, 5.41) is 3.36. The minimum absolute atomic E-state index is 0.106. The summed E-state index contributed by atoms with van der Waals surface area (Å²) in [4.78, 5) is 38.7. The third-order valence-electron chi connectivity index (χ3n) is 4.26. The Balaban J connectivity index is 1.79. The topological polar surface area (TPSA) is 88.8 Å². The van der Waals surface area contributed by atoms with Gasteiger partial charge in [-0.1, -0.05) is 30.3 Å². The van der Waals surface area contributed by atoms with Gasteiger partial charge in [-0.25, -0.2) is 4.79 Å². The van der Waals surface area contributed by atoms with E-state index < -0.39 is 17.4 Å². The number of hydrogen-bond donors (Lipinski definition) is 1. The SMILES string of the molecule is CCN(CC(=O)Nc1ccccc1OC)C(=O)c1cc2ccccc2oc1=O. The van der Waals surface area contributed by atoms with Crippen molar-refractivity contribution in [3.05, 3.63) is 70.6 Å². The molecule has 0 bridgehead atoms. The number of likely N-dealkylation sites (N-methyl/N-ethyl adjacent to an activating group) is 1. The van der Waals surface area contributed by atoms with Gasteiger partial charge in [0.2, 0.25) is 5.91 Å².